The number of carbonyl (C=O) groups is 1. The number of nitrogens with zero attached hydrogens (tertiary/aromatic N) is 4. The van der Waals surface area contributed by atoms with Gasteiger partial charge in [-0.1, -0.05) is 18.2 Å². The number of para-hydroxylation sites is 1. The van der Waals surface area contributed by atoms with Gasteiger partial charge in [0.15, 0.2) is 0 Å². The van der Waals surface area contributed by atoms with Gasteiger partial charge in [0.25, 0.3) is 0 Å². The summed E-state index contributed by atoms with van der Waals surface area (Å²) in [6, 6.07) is 14.3. The largest absolute Gasteiger partial charge is 0.444 e. The molecule has 1 fully saturated rings. The summed E-state index contributed by atoms with van der Waals surface area (Å²) >= 11 is 0. The number of aryl methyl sites for hydroxylation is 1. The zero-order valence-corrected chi connectivity index (χ0v) is 18.6. The van der Waals surface area contributed by atoms with Crippen LogP contribution in [0, 0.1) is 6.92 Å². The first kappa shape index (κ1) is 20.9. The van der Waals surface area contributed by atoms with Crippen molar-refractivity contribution in [2.45, 2.75) is 33.3 Å². The monoisotopic (exact) mass is 419 g/mol. The maximum atomic E-state index is 12.2. The first-order chi connectivity index (χ1) is 14.8. The highest BCUT2D eigenvalue weighted by Crippen LogP contribution is 2.23. The number of fused-ring (bicyclic) bond motifs is 1. The molecular formula is C24H29N5O2. The number of piperazine rings is 1. The predicted octanol–water partition coefficient (Wildman–Crippen LogP) is 4.74. The van der Waals surface area contributed by atoms with Gasteiger partial charge in [-0.3, -0.25) is 0 Å². The molecule has 0 saturated carbocycles. The molecule has 0 aliphatic carbocycles. The molecule has 0 unspecified atom stereocenters. The number of benzene rings is 2. The van der Waals surface area contributed by atoms with E-state index < -0.39 is 5.60 Å². The predicted molar refractivity (Wildman–Crippen MR) is 124 cm³/mol. The molecular weight excluding hydrogens is 390 g/mol. The van der Waals surface area contributed by atoms with Crippen LogP contribution in [0.4, 0.5) is 22.1 Å². The third kappa shape index (κ3) is 5.05. The molecule has 3 aromatic rings. The van der Waals surface area contributed by atoms with Gasteiger partial charge in [-0.25, -0.2) is 14.8 Å². The van der Waals surface area contributed by atoms with E-state index in [1.807, 2.05) is 51.2 Å². The van der Waals surface area contributed by atoms with Crippen LogP contribution in [0.2, 0.25) is 0 Å². The van der Waals surface area contributed by atoms with Gasteiger partial charge in [0.05, 0.1) is 5.52 Å². The van der Waals surface area contributed by atoms with Crippen molar-refractivity contribution in [2.75, 3.05) is 36.4 Å². The Morgan fingerprint density at radius 1 is 1.03 bits per heavy atom. The van der Waals surface area contributed by atoms with E-state index in [0.29, 0.717) is 19.0 Å². The van der Waals surface area contributed by atoms with Gasteiger partial charge in [0.2, 0.25) is 5.95 Å². The van der Waals surface area contributed by atoms with Gasteiger partial charge in [-0.05, 0) is 57.5 Å². The van der Waals surface area contributed by atoms with E-state index >= 15 is 0 Å². The van der Waals surface area contributed by atoms with Crippen LogP contribution >= 0.6 is 0 Å². The fourth-order valence-electron chi connectivity index (χ4n) is 3.62. The summed E-state index contributed by atoms with van der Waals surface area (Å²) < 4.78 is 5.47. The third-order valence-electron chi connectivity index (χ3n) is 5.23. The summed E-state index contributed by atoms with van der Waals surface area (Å²) in [5, 5.41) is 4.32. The molecule has 1 N–H and O–H groups in total. The molecule has 2 heterocycles. The van der Waals surface area contributed by atoms with Crippen LogP contribution in [-0.4, -0.2) is 52.7 Å². The van der Waals surface area contributed by atoms with E-state index in [-0.39, 0.29) is 6.09 Å². The lowest BCUT2D eigenvalue weighted by atomic mass is 10.1. The van der Waals surface area contributed by atoms with Gasteiger partial charge >= 0.3 is 6.09 Å². The fraction of sp³-hybridized carbons (Fsp3) is 0.375. The van der Waals surface area contributed by atoms with Crippen LogP contribution in [-0.2, 0) is 4.74 Å². The van der Waals surface area contributed by atoms with Crippen LogP contribution in [0.3, 0.4) is 0 Å². The molecule has 1 aliphatic heterocycles. The topological polar surface area (TPSA) is 70.6 Å². The average Bonchev–Trinajstić information content (AvgIpc) is 2.74. The van der Waals surface area contributed by atoms with Crippen molar-refractivity contribution in [1.82, 2.24) is 14.9 Å². The second-order valence-corrected chi connectivity index (χ2v) is 8.83. The molecule has 7 heteroatoms. The van der Waals surface area contributed by atoms with E-state index in [4.69, 9.17) is 4.74 Å². The SMILES string of the molecule is Cc1cccc2cnc(Nc3ccc(N4CCN(C(=O)OC(C)(C)C)CC4)cc3)nc12. The molecule has 31 heavy (non-hydrogen) atoms. The lowest BCUT2D eigenvalue weighted by Crippen LogP contribution is -2.50. The number of hydrogen-bond donors (Lipinski definition) is 1. The summed E-state index contributed by atoms with van der Waals surface area (Å²) in [4.78, 5) is 25.4. The van der Waals surface area contributed by atoms with Crippen LogP contribution in [0.1, 0.15) is 26.3 Å². The lowest BCUT2D eigenvalue weighted by Gasteiger charge is -2.36. The standard InChI is InChI=1S/C24H29N5O2/c1-17-6-5-7-18-16-25-22(27-21(17)18)26-19-8-10-20(11-9-19)28-12-14-29(15-13-28)23(30)31-24(2,3)4/h5-11,16H,12-15H2,1-4H3,(H,25,26,27). The van der Waals surface area contributed by atoms with Gasteiger partial charge in [-0.2, -0.15) is 0 Å². The Morgan fingerprint density at radius 2 is 1.74 bits per heavy atom. The van der Waals surface area contributed by atoms with Crippen LogP contribution in [0.25, 0.3) is 10.9 Å². The smallest absolute Gasteiger partial charge is 0.410 e. The molecule has 0 bridgehead atoms. The molecule has 0 atom stereocenters. The minimum Gasteiger partial charge on any atom is -0.444 e. The Hall–Kier alpha value is -3.35. The van der Waals surface area contributed by atoms with Crippen molar-refractivity contribution < 1.29 is 9.53 Å². The van der Waals surface area contributed by atoms with Crippen molar-refractivity contribution in [3.8, 4) is 0 Å². The maximum Gasteiger partial charge on any atom is 0.410 e. The minimum absolute atomic E-state index is 0.239. The highest BCUT2D eigenvalue weighted by atomic mass is 16.6. The Labute approximate surface area is 183 Å². The number of rotatable bonds is 3. The summed E-state index contributed by atoms with van der Waals surface area (Å²) in [5.74, 6) is 0.584. The zero-order chi connectivity index (χ0) is 22.0. The van der Waals surface area contributed by atoms with Crippen LogP contribution in [0.5, 0.6) is 0 Å². The molecule has 0 radical (unpaired) electrons. The van der Waals surface area contributed by atoms with E-state index in [9.17, 15) is 4.79 Å². The van der Waals surface area contributed by atoms with E-state index in [0.717, 1.165) is 40.9 Å². The zero-order valence-electron chi connectivity index (χ0n) is 18.6. The lowest BCUT2D eigenvalue weighted by molar-refractivity contribution is 0.0240. The van der Waals surface area contributed by atoms with E-state index in [2.05, 4.69) is 45.3 Å². The van der Waals surface area contributed by atoms with E-state index in [1.54, 1.807) is 4.90 Å². The average molecular weight is 420 g/mol. The maximum absolute atomic E-state index is 12.2. The Balaban J connectivity index is 1.37. The molecule has 0 spiro atoms. The highest BCUT2D eigenvalue weighted by molar-refractivity contribution is 5.82. The quantitative estimate of drug-likeness (QED) is 0.661. The first-order valence-electron chi connectivity index (χ1n) is 10.6. The number of carbonyl (C=O) groups excluding carboxylic acids is 1. The molecule has 7 nitrogen and oxygen atoms in total. The summed E-state index contributed by atoms with van der Waals surface area (Å²) in [7, 11) is 0. The summed E-state index contributed by atoms with van der Waals surface area (Å²) in [6.07, 6.45) is 1.60. The van der Waals surface area contributed by atoms with Gasteiger partial charge in [0, 0.05) is 49.1 Å². The molecule has 1 saturated heterocycles. The molecule has 2 aromatic carbocycles. The first-order valence-corrected chi connectivity index (χ1v) is 10.6. The van der Waals surface area contributed by atoms with Gasteiger partial charge in [-0.15, -0.1) is 0 Å². The number of anilines is 3. The Morgan fingerprint density at radius 3 is 2.42 bits per heavy atom. The van der Waals surface area contributed by atoms with Crippen molar-refractivity contribution in [3.05, 3.63) is 54.2 Å². The summed E-state index contributed by atoms with van der Waals surface area (Å²) in [6.45, 7) is 10.6. The summed E-state index contributed by atoms with van der Waals surface area (Å²) in [5.41, 5.74) is 3.68. The van der Waals surface area contributed by atoms with Crippen LogP contribution in [0.15, 0.2) is 48.7 Å². The fourth-order valence-corrected chi connectivity index (χ4v) is 3.62. The number of amides is 1. The second kappa shape index (κ2) is 8.41. The molecule has 1 aliphatic rings. The Kier molecular flexibility index (Phi) is 5.67. The van der Waals surface area contributed by atoms with E-state index in [1.165, 1.54) is 0 Å². The molecule has 162 valence electrons. The highest BCUT2D eigenvalue weighted by Gasteiger charge is 2.25. The number of nitrogens with one attached hydrogen (secondary N) is 1. The van der Waals surface area contributed by atoms with Crippen molar-refractivity contribution in [3.63, 3.8) is 0 Å². The van der Waals surface area contributed by atoms with Crippen molar-refractivity contribution in [1.29, 1.82) is 0 Å². The van der Waals surface area contributed by atoms with Gasteiger partial charge < -0.3 is 19.9 Å². The number of aromatic nitrogens is 2. The normalized spacial score (nSPS) is 14.6. The van der Waals surface area contributed by atoms with Gasteiger partial charge in [0.1, 0.15) is 5.60 Å². The number of hydrogen-bond acceptors (Lipinski definition) is 6. The third-order valence-corrected chi connectivity index (χ3v) is 5.23. The molecule has 1 aromatic heterocycles. The van der Waals surface area contributed by atoms with Crippen molar-refractivity contribution >= 4 is 34.3 Å². The second-order valence-electron chi connectivity index (χ2n) is 8.83. The number of ether oxygens (including phenoxy) is 1. The van der Waals surface area contributed by atoms with Crippen molar-refractivity contribution in [2.24, 2.45) is 0 Å². The van der Waals surface area contributed by atoms with Crippen LogP contribution < -0.4 is 10.2 Å². The molecule has 4 rings (SSSR count). The molecule has 1 amide bonds. The minimum atomic E-state index is -0.468. The Bertz CT molecular complexity index is 1070.